The molecule has 0 spiro atoms. The van der Waals surface area contributed by atoms with Crippen LogP contribution in [0, 0.1) is 17.8 Å². The van der Waals surface area contributed by atoms with Crippen molar-refractivity contribution in [3.8, 4) is 0 Å². The zero-order chi connectivity index (χ0) is 43.5. The molecule has 2 saturated heterocycles. The second-order valence-electron chi connectivity index (χ2n) is 17.0. The summed E-state index contributed by atoms with van der Waals surface area (Å²) in [6.07, 6.45) is -4.11. The third-order valence-corrected chi connectivity index (χ3v) is 10.9. The van der Waals surface area contributed by atoms with E-state index in [1.165, 1.54) is 14.0 Å². The Morgan fingerprint density at radius 1 is 1.02 bits per heavy atom. The summed E-state index contributed by atoms with van der Waals surface area (Å²) in [5, 5.41) is 34.6. The van der Waals surface area contributed by atoms with E-state index in [0.29, 0.717) is 12.7 Å². The minimum Gasteiger partial charge on any atom is -0.462 e. The van der Waals surface area contributed by atoms with Gasteiger partial charge in [0, 0.05) is 39.7 Å². The maximum Gasteiger partial charge on any atom is 0.309 e. The largest absolute Gasteiger partial charge is 0.462 e. The molecular formula is C42H69NO15. The third kappa shape index (κ3) is 14.2. The molecule has 16 atom stereocenters. The lowest BCUT2D eigenvalue weighted by atomic mass is 9.82. The molecule has 0 aliphatic carbocycles. The highest BCUT2D eigenvalue weighted by molar-refractivity contribution is 5.72. The maximum absolute atomic E-state index is 13.2. The van der Waals surface area contributed by atoms with Gasteiger partial charge in [-0.3, -0.25) is 14.4 Å². The minimum atomic E-state index is -1.50. The Kier molecular flexibility index (Phi) is 19.4. The summed E-state index contributed by atoms with van der Waals surface area (Å²) in [7, 11) is 4.86. The van der Waals surface area contributed by atoms with Crippen molar-refractivity contribution in [1.82, 2.24) is 4.90 Å². The Morgan fingerprint density at radius 2 is 1.71 bits per heavy atom. The van der Waals surface area contributed by atoms with Crippen molar-refractivity contribution in [1.29, 1.82) is 0 Å². The number of rotatable bonds is 12. The van der Waals surface area contributed by atoms with Crippen LogP contribution >= 0.6 is 0 Å². The van der Waals surface area contributed by atoms with Crippen LogP contribution in [0.1, 0.15) is 93.9 Å². The Bertz CT molecular complexity index is 1390. The summed E-state index contributed by atoms with van der Waals surface area (Å²) in [4.78, 5) is 52.3. The first kappa shape index (κ1) is 49.6. The number of esters is 3. The molecule has 2 fully saturated rings. The van der Waals surface area contributed by atoms with Crippen molar-refractivity contribution >= 4 is 24.2 Å². The van der Waals surface area contributed by atoms with Gasteiger partial charge in [0.2, 0.25) is 0 Å². The highest BCUT2D eigenvalue weighted by Gasteiger charge is 2.53. The molecule has 0 amide bonds. The van der Waals surface area contributed by atoms with Crippen LogP contribution in [0.25, 0.3) is 0 Å². The van der Waals surface area contributed by atoms with Gasteiger partial charge in [-0.25, -0.2) is 0 Å². The van der Waals surface area contributed by atoms with Gasteiger partial charge < -0.3 is 62.9 Å². The first-order valence-corrected chi connectivity index (χ1v) is 20.4. The van der Waals surface area contributed by atoms with Crippen molar-refractivity contribution in [3.05, 3.63) is 24.3 Å². The number of cyclic esters (lactones) is 1. The van der Waals surface area contributed by atoms with Gasteiger partial charge in [0.15, 0.2) is 18.7 Å². The molecule has 3 aliphatic rings. The Hall–Kier alpha value is -2.80. The monoisotopic (exact) mass is 827 g/mol. The fourth-order valence-electron chi connectivity index (χ4n) is 8.08. The Labute approximate surface area is 343 Å². The number of methoxy groups -OCH3 is 1. The van der Waals surface area contributed by atoms with E-state index in [1.54, 1.807) is 71.0 Å². The lowest BCUT2D eigenvalue weighted by Crippen LogP contribution is -2.66. The normalized spacial score (nSPS) is 40.7. The average Bonchev–Trinajstić information content (AvgIpc) is 3.09. The average molecular weight is 828 g/mol. The van der Waals surface area contributed by atoms with Gasteiger partial charge in [0.05, 0.1) is 36.9 Å². The number of hydrogen-bond donors (Lipinski definition) is 3. The molecule has 3 aliphatic heterocycles. The molecule has 0 bridgehead atoms. The van der Waals surface area contributed by atoms with Crippen LogP contribution < -0.4 is 0 Å². The van der Waals surface area contributed by atoms with Gasteiger partial charge in [-0.2, -0.15) is 0 Å². The molecule has 332 valence electrons. The van der Waals surface area contributed by atoms with E-state index < -0.39 is 121 Å². The Balaban J connectivity index is 1.98. The number of aliphatic hydroxyl groups excluding tert-OH is 2. The first-order valence-electron chi connectivity index (χ1n) is 20.4. The molecule has 0 aromatic carbocycles. The smallest absolute Gasteiger partial charge is 0.309 e. The fraction of sp³-hybridized carbons (Fsp3) is 0.810. The van der Waals surface area contributed by atoms with Gasteiger partial charge in [-0.1, -0.05) is 45.1 Å². The van der Waals surface area contributed by atoms with E-state index in [4.69, 9.17) is 37.9 Å². The zero-order valence-corrected chi connectivity index (χ0v) is 36.1. The second-order valence-corrected chi connectivity index (χ2v) is 17.0. The molecule has 0 radical (unpaired) electrons. The summed E-state index contributed by atoms with van der Waals surface area (Å²) < 4.78 is 48.6. The van der Waals surface area contributed by atoms with E-state index in [1.807, 2.05) is 20.8 Å². The van der Waals surface area contributed by atoms with Crippen molar-refractivity contribution in [2.45, 2.75) is 179 Å². The summed E-state index contributed by atoms with van der Waals surface area (Å²) in [5.41, 5.74) is -1.50. The molecule has 0 saturated carbocycles. The Morgan fingerprint density at radius 3 is 2.29 bits per heavy atom. The van der Waals surface area contributed by atoms with Crippen molar-refractivity contribution in [2.24, 2.45) is 17.8 Å². The van der Waals surface area contributed by atoms with Gasteiger partial charge in [-0.05, 0) is 66.0 Å². The van der Waals surface area contributed by atoms with Crippen molar-refractivity contribution in [3.63, 3.8) is 0 Å². The predicted molar refractivity (Wildman–Crippen MR) is 210 cm³/mol. The molecule has 3 heterocycles. The highest BCUT2D eigenvalue weighted by Crippen LogP contribution is 2.38. The van der Waals surface area contributed by atoms with Gasteiger partial charge >= 0.3 is 17.9 Å². The third-order valence-electron chi connectivity index (χ3n) is 10.9. The van der Waals surface area contributed by atoms with E-state index in [-0.39, 0.29) is 31.6 Å². The molecule has 58 heavy (non-hydrogen) atoms. The van der Waals surface area contributed by atoms with Gasteiger partial charge in [-0.15, -0.1) is 0 Å². The number of allylic oxidation sites excluding steroid dienone is 2. The second kappa shape index (κ2) is 22.7. The molecule has 3 rings (SSSR count). The maximum atomic E-state index is 13.2. The summed E-state index contributed by atoms with van der Waals surface area (Å²) in [6.45, 7) is 13.5. The van der Waals surface area contributed by atoms with E-state index >= 15 is 0 Å². The number of likely N-dealkylation sites (N-methyl/N-ethyl adjacent to an activating group) is 1. The topological polar surface area (TPSA) is 206 Å². The van der Waals surface area contributed by atoms with Crippen LogP contribution in [0.5, 0.6) is 0 Å². The molecule has 16 nitrogen and oxygen atoms in total. The predicted octanol–water partition coefficient (Wildman–Crippen LogP) is 3.01. The number of nitrogens with zero attached hydrogens (tertiary/aromatic N) is 1. The van der Waals surface area contributed by atoms with E-state index in [0.717, 1.165) is 0 Å². The molecule has 3 N–H and O–H groups in total. The van der Waals surface area contributed by atoms with Gasteiger partial charge in [0.1, 0.15) is 42.4 Å². The summed E-state index contributed by atoms with van der Waals surface area (Å²) in [6, 6.07) is -0.782. The van der Waals surface area contributed by atoms with Crippen LogP contribution in [-0.4, -0.2) is 151 Å². The summed E-state index contributed by atoms with van der Waals surface area (Å²) in [5.74, 6) is -2.82. The number of aldehydes is 1. The van der Waals surface area contributed by atoms with E-state index in [2.05, 4.69) is 0 Å². The molecule has 0 aromatic heterocycles. The van der Waals surface area contributed by atoms with Crippen molar-refractivity contribution < 1.29 is 72.4 Å². The van der Waals surface area contributed by atoms with E-state index in [9.17, 15) is 34.5 Å². The van der Waals surface area contributed by atoms with Crippen LogP contribution in [0.3, 0.4) is 0 Å². The van der Waals surface area contributed by atoms with Gasteiger partial charge in [0.25, 0.3) is 0 Å². The van der Waals surface area contributed by atoms with Crippen LogP contribution in [0.15, 0.2) is 24.3 Å². The van der Waals surface area contributed by atoms with Crippen LogP contribution in [0.4, 0.5) is 0 Å². The SMILES string of the molecule is CO[C@@H]1C(OC2OC(C)[C@@H](OC3C[C@@](C)(O)[C@@H](OC(=O)CC(C)C)[C@H](C)O3)[C@H](N(C)C)[C@H]2O)[C@@H](CC=O)C[C@@H](C)[C@@H](O)/C=C/C=C/C[C@@H](C)OC(=O)C[C@H]1OC(C)=O. The highest BCUT2D eigenvalue weighted by atomic mass is 16.7. The number of carbonyl (C=O) groups excluding carboxylic acids is 4. The number of ether oxygens (including phenoxy) is 8. The molecule has 16 heteroatoms. The quantitative estimate of drug-likeness (QED) is 0.147. The number of hydrogen-bond acceptors (Lipinski definition) is 16. The lowest BCUT2D eigenvalue weighted by Gasteiger charge is -2.50. The molecular weight excluding hydrogens is 758 g/mol. The van der Waals surface area contributed by atoms with Crippen molar-refractivity contribution in [2.75, 3.05) is 21.2 Å². The number of carbonyl (C=O) groups is 4. The van der Waals surface area contributed by atoms with Crippen LogP contribution in [0.2, 0.25) is 0 Å². The number of aliphatic hydroxyl groups is 3. The van der Waals surface area contributed by atoms with Crippen LogP contribution in [-0.2, 0) is 57.1 Å². The zero-order valence-electron chi connectivity index (χ0n) is 36.1. The summed E-state index contributed by atoms with van der Waals surface area (Å²) >= 11 is 0. The first-order chi connectivity index (χ1) is 27.2. The lowest BCUT2D eigenvalue weighted by molar-refractivity contribution is -0.344. The fourth-order valence-corrected chi connectivity index (χ4v) is 8.08. The minimum absolute atomic E-state index is 0.0460. The standard InChI is InChI=1S/C42H69NO15/c1-23(2)19-32(47)56-40-27(6)53-34(22-42(40,8)50)57-37-26(5)54-41(36(49)35(37)43(9)10)58-38-29(17-18-44)20-24(3)30(46)16-14-12-13-15-25(4)52-33(48)21-31(39(38)51-11)55-28(7)45/h12-14,16,18,23-27,29-31,34-41,46,49-50H,15,17,19-22H2,1-11H3/b13-12+,16-14+/t24-,25-,26?,27+,29+,30+,31-,34?,35-,36-,37-,38?,39+,40+,41?,42-/m1/s1. The molecule has 4 unspecified atom stereocenters. The molecule has 0 aromatic rings.